The third-order valence-corrected chi connectivity index (χ3v) is 4.03. The van der Waals surface area contributed by atoms with Crippen LogP contribution in [0.5, 0.6) is 5.88 Å². The van der Waals surface area contributed by atoms with E-state index in [1.807, 2.05) is 6.92 Å². The van der Waals surface area contributed by atoms with Gasteiger partial charge in [0.1, 0.15) is 11.5 Å². The van der Waals surface area contributed by atoms with Crippen molar-refractivity contribution in [2.75, 3.05) is 13.7 Å². The number of aromatic nitrogens is 2. The monoisotopic (exact) mass is 360 g/mol. The van der Waals surface area contributed by atoms with E-state index in [9.17, 15) is 9.50 Å². The summed E-state index contributed by atoms with van der Waals surface area (Å²) in [6.45, 7) is 4.18. The lowest BCUT2D eigenvalue weighted by Gasteiger charge is -2.12. The van der Waals surface area contributed by atoms with E-state index in [-0.39, 0.29) is 0 Å². The maximum absolute atomic E-state index is 13.7. The molecule has 0 aliphatic rings. The first-order chi connectivity index (χ1) is 12.4. The summed E-state index contributed by atoms with van der Waals surface area (Å²) < 4.78 is 20.8. The van der Waals surface area contributed by atoms with E-state index in [0.29, 0.717) is 35.7 Å². The first kappa shape index (κ1) is 19.7. The molecule has 0 aliphatic heterocycles. The maximum Gasteiger partial charge on any atom is 0.215 e. The average Bonchev–Trinajstić information content (AvgIpc) is 2.93. The highest BCUT2D eigenvalue weighted by molar-refractivity contribution is 5.81. The first-order valence-corrected chi connectivity index (χ1v) is 8.41. The Morgan fingerprint density at radius 3 is 2.81 bits per heavy atom. The van der Waals surface area contributed by atoms with E-state index >= 15 is 0 Å². The average molecular weight is 360 g/mol. The van der Waals surface area contributed by atoms with Crippen LogP contribution in [0.3, 0.4) is 0 Å². The van der Waals surface area contributed by atoms with Crippen molar-refractivity contribution >= 4 is 6.21 Å². The quantitative estimate of drug-likeness (QED) is 0.744. The number of allylic oxidation sites excluding steroid dienone is 1. The summed E-state index contributed by atoms with van der Waals surface area (Å²) >= 11 is 0. The van der Waals surface area contributed by atoms with E-state index in [1.165, 1.54) is 18.3 Å². The molecule has 0 bridgehead atoms. The van der Waals surface area contributed by atoms with Gasteiger partial charge in [0, 0.05) is 37.4 Å². The molecule has 1 heterocycles. The molecule has 3 N–H and O–H groups in total. The molecule has 1 aromatic carbocycles. The van der Waals surface area contributed by atoms with Crippen molar-refractivity contribution in [2.24, 2.45) is 17.8 Å². The molecule has 0 spiro atoms. The molecule has 0 radical (unpaired) electrons. The molecule has 0 fully saturated rings. The maximum atomic E-state index is 13.7. The predicted octanol–water partition coefficient (Wildman–Crippen LogP) is 2.76. The second kappa shape index (κ2) is 8.62. The molecule has 1 aromatic heterocycles. The van der Waals surface area contributed by atoms with Gasteiger partial charge in [0.05, 0.1) is 13.2 Å². The van der Waals surface area contributed by atoms with E-state index in [2.05, 4.69) is 10.1 Å². The minimum Gasteiger partial charge on any atom is -0.481 e. The molecule has 0 amide bonds. The SMILES string of the molecule is CCN=CC(=CN)Cc1c(-c2ccc(F)cc2[C@@H](C)O)nn(C)c1OC. The summed E-state index contributed by atoms with van der Waals surface area (Å²) in [4.78, 5) is 4.23. The van der Waals surface area contributed by atoms with Crippen molar-refractivity contribution in [2.45, 2.75) is 26.4 Å². The van der Waals surface area contributed by atoms with Gasteiger partial charge in [0.25, 0.3) is 0 Å². The number of aliphatic hydroxyl groups excluding tert-OH is 1. The van der Waals surface area contributed by atoms with Gasteiger partial charge >= 0.3 is 0 Å². The number of hydrogen-bond acceptors (Lipinski definition) is 5. The lowest BCUT2D eigenvalue weighted by molar-refractivity contribution is 0.199. The van der Waals surface area contributed by atoms with Crippen molar-refractivity contribution in [3.05, 3.63) is 46.9 Å². The Morgan fingerprint density at radius 1 is 1.50 bits per heavy atom. The highest BCUT2D eigenvalue weighted by Crippen LogP contribution is 2.35. The van der Waals surface area contributed by atoms with E-state index in [0.717, 1.165) is 11.1 Å². The van der Waals surface area contributed by atoms with Gasteiger partial charge in [-0.3, -0.25) is 4.99 Å². The Morgan fingerprint density at radius 2 is 2.23 bits per heavy atom. The van der Waals surface area contributed by atoms with Gasteiger partial charge < -0.3 is 15.6 Å². The summed E-state index contributed by atoms with van der Waals surface area (Å²) in [5.41, 5.74) is 9.07. The van der Waals surface area contributed by atoms with Crippen LogP contribution in [0.2, 0.25) is 0 Å². The van der Waals surface area contributed by atoms with Gasteiger partial charge in [-0.15, -0.1) is 0 Å². The number of methoxy groups -OCH3 is 1. The van der Waals surface area contributed by atoms with Crippen LogP contribution >= 0.6 is 0 Å². The van der Waals surface area contributed by atoms with Crippen LogP contribution in [-0.2, 0) is 13.5 Å². The smallest absolute Gasteiger partial charge is 0.215 e. The predicted molar refractivity (Wildman–Crippen MR) is 101 cm³/mol. The summed E-state index contributed by atoms with van der Waals surface area (Å²) in [7, 11) is 3.33. The van der Waals surface area contributed by atoms with Crippen LogP contribution in [0.1, 0.15) is 31.1 Å². The molecule has 6 nitrogen and oxygen atoms in total. The second-order valence-corrected chi connectivity index (χ2v) is 5.91. The normalized spacial score (nSPS) is 13.4. The number of nitrogens with zero attached hydrogens (tertiary/aromatic N) is 3. The number of rotatable bonds is 7. The first-order valence-electron chi connectivity index (χ1n) is 8.41. The number of ether oxygens (including phenoxy) is 1. The Hall–Kier alpha value is -2.67. The minimum atomic E-state index is -0.840. The largest absolute Gasteiger partial charge is 0.481 e. The van der Waals surface area contributed by atoms with Crippen LogP contribution in [-0.4, -0.2) is 34.8 Å². The fourth-order valence-corrected chi connectivity index (χ4v) is 2.84. The minimum absolute atomic E-state index is 0.410. The third kappa shape index (κ3) is 4.11. The number of aryl methyl sites for hydroxylation is 1. The van der Waals surface area contributed by atoms with Gasteiger partial charge in [0.2, 0.25) is 5.88 Å². The molecule has 0 saturated carbocycles. The standard InChI is InChI=1S/C19H25FN4O2/c1-5-22-11-13(10-21)8-17-18(23-24(3)19(17)26-4)15-7-6-14(20)9-16(15)12(2)25/h6-7,9-12,25H,5,8,21H2,1-4H3/t12-/m1/s1. The lowest BCUT2D eigenvalue weighted by Crippen LogP contribution is -2.02. The van der Waals surface area contributed by atoms with Crippen LogP contribution < -0.4 is 10.5 Å². The zero-order valence-electron chi connectivity index (χ0n) is 15.5. The van der Waals surface area contributed by atoms with Gasteiger partial charge in [-0.05, 0) is 49.4 Å². The summed E-state index contributed by atoms with van der Waals surface area (Å²) in [5, 5.41) is 14.6. The summed E-state index contributed by atoms with van der Waals surface area (Å²) in [6.07, 6.45) is 2.82. The fourth-order valence-electron chi connectivity index (χ4n) is 2.84. The topological polar surface area (TPSA) is 85.7 Å². The highest BCUT2D eigenvalue weighted by atomic mass is 19.1. The molecule has 7 heteroatoms. The molecule has 0 aliphatic carbocycles. The number of aliphatic hydroxyl groups is 1. The van der Waals surface area contributed by atoms with Gasteiger partial charge in [-0.25, -0.2) is 9.07 Å². The fraction of sp³-hybridized carbons (Fsp3) is 0.368. The Labute approximate surface area is 152 Å². The van der Waals surface area contributed by atoms with Gasteiger partial charge in [-0.2, -0.15) is 5.10 Å². The number of halogens is 1. The number of aliphatic imine (C=N–C) groups is 1. The Bertz CT molecular complexity index is 825. The van der Waals surface area contributed by atoms with Gasteiger partial charge in [0.15, 0.2) is 0 Å². The molecule has 0 saturated heterocycles. The van der Waals surface area contributed by atoms with E-state index in [4.69, 9.17) is 10.5 Å². The number of benzene rings is 1. The van der Waals surface area contributed by atoms with Crippen molar-refractivity contribution < 1.29 is 14.2 Å². The van der Waals surface area contributed by atoms with Crippen molar-refractivity contribution in [1.29, 1.82) is 0 Å². The molecule has 2 rings (SSSR count). The number of nitrogens with two attached hydrogens (primary N) is 1. The molecular formula is C19H25FN4O2. The molecule has 140 valence electrons. The third-order valence-electron chi connectivity index (χ3n) is 4.03. The van der Waals surface area contributed by atoms with Crippen molar-refractivity contribution in [3.8, 4) is 17.1 Å². The summed E-state index contributed by atoms with van der Waals surface area (Å²) in [6, 6.07) is 4.29. The second-order valence-electron chi connectivity index (χ2n) is 5.91. The highest BCUT2D eigenvalue weighted by Gasteiger charge is 2.22. The zero-order valence-corrected chi connectivity index (χ0v) is 15.5. The van der Waals surface area contributed by atoms with E-state index < -0.39 is 11.9 Å². The van der Waals surface area contributed by atoms with Crippen LogP contribution in [0.25, 0.3) is 11.3 Å². The Balaban J connectivity index is 2.63. The van der Waals surface area contributed by atoms with Crippen molar-refractivity contribution in [3.63, 3.8) is 0 Å². The van der Waals surface area contributed by atoms with Crippen LogP contribution in [0.15, 0.2) is 35.0 Å². The Kier molecular flexibility index (Phi) is 6.52. The van der Waals surface area contributed by atoms with Crippen LogP contribution in [0, 0.1) is 5.82 Å². The molecule has 2 aromatic rings. The number of hydrogen-bond donors (Lipinski definition) is 2. The molecule has 26 heavy (non-hydrogen) atoms. The van der Waals surface area contributed by atoms with Crippen LogP contribution in [0.4, 0.5) is 4.39 Å². The summed E-state index contributed by atoms with van der Waals surface area (Å²) in [5.74, 6) is 0.164. The lowest BCUT2D eigenvalue weighted by atomic mass is 9.96. The molecule has 1 atom stereocenters. The molecule has 0 unspecified atom stereocenters. The van der Waals surface area contributed by atoms with Gasteiger partial charge in [-0.1, -0.05) is 0 Å². The van der Waals surface area contributed by atoms with Crippen molar-refractivity contribution in [1.82, 2.24) is 9.78 Å². The zero-order chi connectivity index (χ0) is 19.3. The molecular weight excluding hydrogens is 335 g/mol. The van der Waals surface area contributed by atoms with E-state index in [1.54, 1.807) is 38.0 Å².